The summed E-state index contributed by atoms with van der Waals surface area (Å²) in [6.07, 6.45) is 3.32. The van der Waals surface area contributed by atoms with Crippen LogP contribution in [0.1, 0.15) is 24.2 Å². The van der Waals surface area contributed by atoms with Gasteiger partial charge in [0.1, 0.15) is 0 Å². The Morgan fingerprint density at radius 2 is 1.94 bits per heavy atom. The summed E-state index contributed by atoms with van der Waals surface area (Å²) in [7, 11) is 0. The summed E-state index contributed by atoms with van der Waals surface area (Å²) in [4.78, 5) is 16.1. The van der Waals surface area contributed by atoms with Gasteiger partial charge in [0, 0.05) is 18.0 Å². The van der Waals surface area contributed by atoms with Gasteiger partial charge in [0.2, 0.25) is 0 Å². The van der Waals surface area contributed by atoms with Gasteiger partial charge >= 0.3 is 5.97 Å². The van der Waals surface area contributed by atoms with Crippen LogP contribution in [0.4, 0.5) is 0 Å². The molecule has 0 aliphatic rings. The summed E-state index contributed by atoms with van der Waals surface area (Å²) in [5.41, 5.74) is 2.32. The Morgan fingerprint density at radius 3 is 2.61 bits per heavy atom. The van der Waals surface area contributed by atoms with Gasteiger partial charge in [-0.05, 0) is 31.5 Å². The first-order valence-corrected chi connectivity index (χ1v) is 5.89. The molecule has 0 fully saturated rings. The average molecular weight is 241 g/mol. The Hall–Kier alpha value is -2.16. The number of nitrogens with zero attached hydrogens (tertiary/aromatic N) is 1. The minimum Gasteiger partial charge on any atom is -0.459 e. The van der Waals surface area contributed by atoms with Gasteiger partial charge in [0.15, 0.2) is 0 Å². The van der Waals surface area contributed by atoms with Crippen LogP contribution in [-0.2, 0) is 4.74 Å². The number of hydrogen-bond acceptors (Lipinski definition) is 3. The molecule has 1 aromatic carbocycles. The molecule has 0 amide bonds. The molecule has 0 atom stereocenters. The normalized spacial score (nSPS) is 10.4. The van der Waals surface area contributed by atoms with Crippen molar-refractivity contribution in [1.82, 2.24) is 4.98 Å². The van der Waals surface area contributed by atoms with E-state index in [0.717, 1.165) is 11.1 Å². The lowest BCUT2D eigenvalue weighted by molar-refractivity contribution is 0.0379. The Labute approximate surface area is 106 Å². The molecule has 1 heterocycles. The van der Waals surface area contributed by atoms with Crippen LogP contribution in [0.25, 0.3) is 11.1 Å². The van der Waals surface area contributed by atoms with E-state index >= 15 is 0 Å². The lowest BCUT2D eigenvalue weighted by Gasteiger charge is -2.11. The monoisotopic (exact) mass is 241 g/mol. The molecule has 92 valence electrons. The van der Waals surface area contributed by atoms with E-state index in [9.17, 15) is 4.79 Å². The summed E-state index contributed by atoms with van der Waals surface area (Å²) in [5, 5.41) is 0. The Bertz CT molecular complexity index is 535. The number of carbonyl (C=O) groups is 1. The second-order valence-electron chi connectivity index (χ2n) is 4.24. The number of hydrogen-bond donors (Lipinski definition) is 0. The summed E-state index contributed by atoms with van der Waals surface area (Å²) < 4.78 is 5.24. The van der Waals surface area contributed by atoms with Crippen molar-refractivity contribution in [2.45, 2.75) is 20.0 Å². The zero-order valence-electron chi connectivity index (χ0n) is 10.5. The molecule has 2 rings (SSSR count). The van der Waals surface area contributed by atoms with E-state index in [0.29, 0.717) is 5.56 Å². The molecule has 0 spiro atoms. The molecule has 3 heteroatoms. The van der Waals surface area contributed by atoms with Crippen LogP contribution in [-0.4, -0.2) is 17.1 Å². The molecule has 3 nitrogen and oxygen atoms in total. The molecule has 0 bridgehead atoms. The molecule has 0 aliphatic heterocycles. The number of rotatable bonds is 3. The van der Waals surface area contributed by atoms with Crippen molar-refractivity contribution in [3.05, 3.63) is 54.4 Å². The fourth-order valence-corrected chi connectivity index (χ4v) is 1.71. The van der Waals surface area contributed by atoms with Gasteiger partial charge in [-0.25, -0.2) is 4.79 Å². The van der Waals surface area contributed by atoms with Crippen LogP contribution >= 0.6 is 0 Å². The van der Waals surface area contributed by atoms with Crippen molar-refractivity contribution >= 4 is 5.97 Å². The maximum Gasteiger partial charge on any atom is 0.339 e. The zero-order valence-corrected chi connectivity index (χ0v) is 10.5. The molecular formula is C15H15NO2. The molecule has 0 saturated heterocycles. The first-order valence-electron chi connectivity index (χ1n) is 5.89. The molecular weight excluding hydrogens is 226 g/mol. The van der Waals surface area contributed by atoms with E-state index in [4.69, 9.17) is 4.74 Å². The topological polar surface area (TPSA) is 39.2 Å². The summed E-state index contributed by atoms with van der Waals surface area (Å²) in [6, 6.07) is 11.2. The third-order valence-corrected chi connectivity index (χ3v) is 2.46. The van der Waals surface area contributed by atoms with Gasteiger partial charge in [0.05, 0.1) is 11.7 Å². The molecule has 1 aromatic heterocycles. The third-order valence-electron chi connectivity index (χ3n) is 2.46. The smallest absolute Gasteiger partial charge is 0.339 e. The minimum atomic E-state index is -0.301. The summed E-state index contributed by atoms with van der Waals surface area (Å²) >= 11 is 0. The van der Waals surface area contributed by atoms with Crippen molar-refractivity contribution in [1.29, 1.82) is 0 Å². The standard InChI is InChI=1S/C15H15NO2/c1-11(2)18-15(17)14-8-4-3-7-13(14)12-6-5-9-16-10-12/h3-11H,1-2H3. The maximum absolute atomic E-state index is 12.0. The van der Waals surface area contributed by atoms with Crippen molar-refractivity contribution in [3.63, 3.8) is 0 Å². The van der Waals surface area contributed by atoms with Crippen molar-refractivity contribution < 1.29 is 9.53 Å². The Balaban J connectivity index is 2.41. The number of benzene rings is 1. The van der Waals surface area contributed by atoms with E-state index in [-0.39, 0.29) is 12.1 Å². The average Bonchev–Trinajstić information content (AvgIpc) is 2.39. The van der Waals surface area contributed by atoms with Gasteiger partial charge in [-0.2, -0.15) is 0 Å². The largest absolute Gasteiger partial charge is 0.459 e. The molecule has 0 saturated carbocycles. The van der Waals surface area contributed by atoms with Gasteiger partial charge in [-0.3, -0.25) is 4.98 Å². The summed E-state index contributed by atoms with van der Waals surface area (Å²) in [6.45, 7) is 3.68. The van der Waals surface area contributed by atoms with Crippen LogP contribution in [0.15, 0.2) is 48.8 Å². The molecule has 0 aliphatic carbocycles. The second kappa shape index (κ2) is 5.45. The number of pyridine rings is 1. The van der Waals surface area contributed by atoms with E-state index in [1.54, 1.807) is 18.5 Å². The van der Waals surface area contributed by atoms with Crippen molar-refractivity contribution in [2.24, 2.45) is 0 Å². The van der Waals surface area contributed by atoms with E-state index in [1.165, 1.54) is 0 Å². The van der Waals surface area contributed by atoms with Crippen LogP contribution in [0.5, 0.6) is 0 Å². The fourth-order valence-electron chi connectivity index (χ4n) is 1.71. The van der Waals surface area contributed by atoms with Gasteiger partial charge < -0.3 is 4.74 Å². The highest BCUT2D eigenvalue weighted by molar-refractivity contribution is 5.97. The molecule has 0 N–H and O–H groups in total. The van der Waals surface area contributed by atoms with Gasteiger partial charge in [0.25, 0.3) is 0 Å². The number of carbonyl (C=O) groups excluding carboxylic acids is 1. The molecule has 0 unspecified atom stereocenters. The molecule has 18 heavy (non-hydrogen) atoms. The lowest BCUT2D eigenvalue weighted by atomic mass is 10.0. The van der Waals surface area contributed by atoms with Gasteiger partial charge in [-0.15, -0.1) is 0 Å². The van der Waals surface area contributed by atoms with E-state index < -0.39 is 0 Å². The number of esters is 1. The maximum atomic E-state index is 12.0. The predicted octanol–water partition coefficient (Wildman–Crippen LogP) is 3.31. The second-order valence-corrected chi connectivity index (χ2v) is 4.24. The van der Waals surface area contributed by atoms with Crippen LogP contribution in [0, 0.1) is 0 Å². The van der Waals surface area contributed by atoms with Crippen molar-refractivity contribution in [3.8, 4) is 11.1 Å². The number of aromatic nitrogens is 1. The zero-order chi connectivity index (χ0) is 13.0. The molecule has 2 aromatic rings. The first kappa shape index (κ1) is 12.3. The SMILES string of the molecule is CC(C)OC(=O)c1ccccc1-c1cccnc1. The van der Waals surface area contributed by atoms with E-state index in [1.807, 2.05) is 44.2 Å². The summed E-state index contributed by atoms with van der Waals surface area (Å²) in [5.74, 6) is -0.301. The lowest BCUT2D eigenvalue weighted by Crippen LogP contribution is -2.12. The number of ether oxygens (including phenoxy) is 1. The minimum absolute atomic E-state index is 0.126. The van der Waals surface area contributed by atoms with Crippen LogP contribution in [0.3, 0.4) is 0 Å². The highest BCUT2D eigenvalue weighted by atomic mass is 16.5. The highest BCUT2D eigenvalue weighted by Crippen LogP contribution is 2.23. The third kappa shape index (κ3) is 2.74. The van der Waals surface area contributed by atoms with Crippen LogP contribution < -0.4 is 0 Å². The quantitative estimate of drug-likeness (QED) is 0.774. The van der Waals surface area contributed by atoms with Crippen LogP contribution in [0.2, 0.25) is 0 Å². The Kier molecular flexibility index (Phi) is 3.72. The highest BCUT2D eigenvalue weighted by Gasteiger charge is 2.14. The fraction of sp³-hybridized carbons (Fsp3) is 0.200. The Morgan fingerprint density at radius 1 is 1.17 bits per heavy atom. The predicted molar refractivity (Wildman–Crippen MR) is 70.2 cm³/mol. The van der Waals surface area contributed by atoms with Gasteiger partial charge in [-0.1, -0.05) is 24.3 Å². The van der Waals surface area contributed by atoms with E-state index in [2.05, 4.69) is 4.98 Å². The first-order chi connectivity index (χ1) is 8.68. The van der Waals surface area contributed by atoms with Crippen molar-refractivity contribution in [2.75, 3.05) is 0 Å². The molecule has 0 radical (unpaired) electrons.